The zero-order chi connectivity index (χ0) is 10.6. The number of hydrogen-bond donors (Lipinski definition) is 0. The molecule has 1 aliphatic heterocycles. The number of likely N-dealkylation sites (N-methyl/N-ethyl adjacent to an activating group) is 1. The van der Waals surface area contributed by atoms with Crippen LogP contribution >= 0.6 is 0 Å². The second-order valence-electron chi connectivity index (χ2n) is 4.10. The van der Waals surface area contributed by atoms with Crippen LogP contribution in [0.3, 0.4) is 0 Å². The van der Waals surface area contributed by atoms with Crippen molar-refractivity contribution in [2.45, 2.75) is 6.42 Å². The van der Waals surface area contributed by atoms with Gasteiger partial charge in [-0.25, -0.2) is 0 Å². The number of methoxy groups -OCH3 is 1. The van der Waals surface area contributed by atoms with E-state index in [1.54, 1.807) is 7.11 Å². The summed E-state index contributed by atoms with van der Waals surface area (Å²) >= 11 is 0. The summed E-state index contributed by atoms with van der Waals surface area (Å²) in [5.41, 5.74) is 0. The van der Waals surface area contributed by atoms with E-state index in [-0.39, 0.29) is 5.91 Å². The van der Waals surface area contributed by atoms with Crippen LogP contribution in [-0.4, -0.2) is 63.2 Å². The predicted octanol–water partition coefficient (Wildman–Crippen LogP) is 0.0429. The number of ether oxygens (including phenoxy) is 1. The van der Waals surface area contributed by atoms with Crippen molar-refractivity contribution in [1.82, 2.24) is 9.80 Å². The lowest BCUT2D eigenvalue weighted by atomic mass is 10.1. The maximum absolute atomic E-state index is 11.3. The topological polar surface area (TPSA) is 32.8 Å². The van der Waals surface area contributed by atoms with E-state index in [0.29, 0.717) is 12.3 Å². The fraction of sp³-hybridized carbons (Fsp3) is 0.900. The van der Waals surface area contributed by atoms with Crippen LogP contribution in [0.25, 0.3) is 0 Å². The Morgan fingerprint density at radius 1 is 1.64 bits per heavy atom. The first-order valence-electron chi connectivity index (χ1n) is 5.05. The molecule has 0 radical (unpaired) electrons. The van der Waals surface area contributed by atoms with Crippen molar-refractivity contribution in [2.75, 3.05) is 47.4 Å². The lowest BCUT2D eigenvalue weighted by Crippen LogP contribution is -2.30. The van der Waals surface area contributed by atoms with Gasteiger partial charge in [0.25, 0.3) is 0 Å². The molecule has 0 saturated carbocycles. The highest BCUT2D eigenvalue weighted by Gasteiger charge is 2.27. The first kappa shape index (κ1) is 11.5. The second-order valence-corrected chi connectivity index (χ2v) is 4.10. The number of hydrogen-bond acceptors (Lipinski definition) is 3. The van der Waals surface area contributed by atoms with E-state index in [4.69, 9.17) is 4.74 Å². The van der Waals surface area contributed by atoms with Crippen molar-refractivity contribution >= 4 is 5.91 Å². The van der Waals surface area contributed by atoms with E-state index in [9.17, 15) is 4.79 Å². The lowest BCUT2D eigenvalue weighted by Gasteiger charge is -2.19. The van der Waals surface area contributed by atoms with Gasteiger partial charge in [-0.15, -0.1) is 0 Å². The van der Waals surface area contributed by atoms with Gasteiger partial charge in [-0.1, -0.05) is 0 Å². The zero-order valence-corrected chi connectivity index (χ0v) is 9.32. The van der Waals surface area contributed by atoms with Crippen LogP contribution in [0.15, 0.2) is 0 Å². The summed E-state index contributed by atoms with van der Waals surface area (Å²) in [6, 6.07) is 0. The van der Waals surface area contributed by atoms with E-state index in [1.165, 1.54) is 0 Å². The number of carbonyl (C=O) groups excluding carboxylic acids is 1. The summed E-state index contributed by atoms with van der Waals surface area (Å²) in [4.78, 5) is 15.3. The summed E-state index contributed by atoms with van der Waals surface area (Å²) in [6.45, 7) is 3.58. The van der Waals surface area contributed by atoms with E-state index in [2.05, 4.69) is 11.9 Å². The number of amides is 1. The third-order valence-corrected chi connectivity index (χ3v) is 2.67. The van der Waals surface area contributed by atoms with Gasteiger partial charge in [-0.2, -0.15) is 0 Å². The Morgan fingerprint density at radius 2 is 2.36 bits per heavy atom. The molecule has 0 bridgehead atoms. The first-order chi connectivity index (χ1) is 6.63. The van der Waals surface area contributed by atoms with Crippen molar-refractivity contribution in [1.29, 1.82) is 0 Å². The van der Waals surface area contributed by atoms with Gasteiger partial charge in [-0.3, -0.25) is 4.79 Å². The molecule has 1 saturated heterocycles. The summed E-state index contributed by atoms with van der Waals surface area (Å²) in [5, 5.41) is 0. The average Bonchev–Trinajstić information content (AvgIpc) is 2.42. The third-order valence-electron chi connectivity index (χ3n) is 2.67. The van der Waals surface area contributed by atoms with Gasteiger partial charge in [0.2, 0.25) is 5.91 Å². The number of nitrogens with zero attached hydrogens (tertiary/aromatic N) is 2. The molecule has 1 heterocycles. The van der Waals surface area contributed by atoms with Crippen molar-refractivity contribution in [3.8, 4) is 0 Å². The van der Waals surface area contributed by atoms with Crippen molar-refractivity contribution in [2.24, 2.45) is 5.92 Å². The summed E-state index contributed by atoms with van der Waals surface area (Å²) < 4.78 is 5.00. The smallest absolute Gasteiger partial charge is 0.222 e. The summed E-state index contributed by atoms with van der Waals surface area (Å²) in [6.07, 6.45) is 0.702. The molecule has 0 spiro atoms. The molecule has 1 atom stereocenters. The molecule has 1 rings (SSSR count). The van der Waals surface area contributed by atoms with Crippen LogP contribution in [0.5, 0.6) is 0 Å². The molecule has 0 N–H and O–H groups in total. The molecule has 0 aromatic rings. The van der Waals surface area contributed by atoms with Crippen molar-refractivity contribution < 1.29 is 9.53 Å². The fourth-order valence-electron chi connectivity index (χ4n) is 1.86. The maximum atomic E-state index is 11.3. The van der Waals surface area contributed by atoms with Crippen LogP contribution in [0.2, 0.25) is 0 Å². The SMILES string of the molecule is COCCN(C)CC1CC(=O)N(C)C1. The molecule has 1 aliphatic rings. The van der Waals surface area contributed by atoms with E-state index in [1.807, 2.05) is 11.9 Å². The Kier molecular flexibility index (Phi) is 4.35. The van der Waals surface area contributed by atoms with Crippen LogP contribution < -0.4 is 0 Å². The molecule has 14 heavy (non-hydrogen) atoms. The minimum atomic E-state index is 0.273. The fourth-order valence-corrected chi connectivity index (χ4v) is 1.86. The van der Waals surface area contributed by atoms with E-state index < -0.39 is 0 Å². The van der Waals surface area contributed by atoms with Crippen molar-refractivity contribution in [3.63, 3.8) is 0 Å². The van der Waals surface area contributed by atoms with E-state index >= 15 is 0 Å². The van der Waals surface area contributed by atoms with Gasteiger partial charge in [0.1, 0.15) is 0 Å². The number of likely N-dealkylation sites (tertiary alicyclic amines) is 1. The van der Waals surface area contributed by atoms with Crippen LogP contribution in [0.1, 0.15) is 6.42 Å². The minimum absolute atomic E-state index is 0.273. The molecule has 4 nitrogen and oxygen atoms in total. The van der Waals surface area contributed by atoms with E-state index in [0.717, 1.165) is 26.2 Å². The number of carbonyl (C=O) groups is 1. The van der Waals surface area contributed by atoms with Crippen LogP contribution in [0, 0.1) is 5.92 Å². The Morgan fingerprint density at radius 3 is 2.86 bits per heavy atom. The Hall–Kier alpha value is -0.610. The van der Waals surface area contributed by atoms with Gasteiger partial charge in [0.05, 0.1) is 6.61 Å². The van der Waals surface area contributed by atoms with Crippen molar-refractivity contribution in [3.05, 3.63) is 0 Å². The molecule has 1 amide bonds. The predicted molar refractivity (Wildman–Crippen MR) is 55.1 cm³/mol. The molecular formula is C10H20N2O2. The summed E-state index contributed by atoms with van der Waals surface area (Å²) in [5.74, 6) is 0.768. The highest BCUT2D eigenvalue weighted by atomic mass is 16.5. The quantitative estimate of drug-likeness (QED) is 0.628. The van der Waals surface area contributed by atoms with Gasteiger partial charge < -0.3 is 14.5 Å². The van der Waals surface area contributed by atoms with Crippen LogP contribution in [-0.2, 0) is 9.53 Å². The molecular weight excluding hydrogens is 180 g/mol. The highest BCUT2D eigenvalue weighted by molar-refractivity contribution is 5.78. The molecule has 0 aliphatic carbocycles. The first-order valence-corrected chi connectivity index (χ1v) is 5.05. The molecule has 0 aromatic heterocycles. The van der Waals surface area contributed by atoms with Gasteiger partial charge >= 0.3 is 0 Å². The minimum Gasteiger partial charge on any atom is -0.383 e. The van der Waals surface area contributed by atoms with Gasteiger partial charge in [-0.05, 0) is 13.0 Å². The second kappa shape index (κ2) is 5.32. The highest BCUT2D eigenvalue weighted by Crippen LogP contribution is 2.16. The molecule has 1 fully saturated rings. The maximum Gasteiger partial charge on any atom is 0.222 e. The number of rotatable bonds is 5. The molecule has 82 valence electrons. The zero-order valence-electron chi connectivity index (χ0n) is 9.32. The third kappa shape index (κ3) is 3.27. The largest absolute Gasteiger partial charge is 0.383 e. The Labute approximate surface area is 85.8 Å². The Balaban J connectivity index is 2.21. The standard InChI is InChI=1S/C10H20N2O2/c1-11(4-5-14-3)7-9-6-10(13)12(2)8-9/h9H,4-8H2,1-3H3. The Bertz CT molecular complexity index is 197. The molecule has 4 heteroatoms. The molecule has 0 aromatic carbocycles. The van der Waals surface area contributed by atoms with Gasteiger partial charge in [0.15, 0.2) is 0 Å². The normalized spacial score (nSPS) is 22.4. The summed E-state index contributed by atoms with van der Waals surface area (Å²) in [7, 11) is 5.65. The van der Waals surface area contributed by atoms with Gasteiger partial charge in [0, 0.05) is 40.2 Å². The average molecular weight is 200 g/mol. The van der Waals surface area contributed by atoms with Crippen LogP contribution in [0.4, 0.5) is 0 Å². The molecule has 1 unspecified atom stereocenters. The monoisotopic (exact) mass is 200 g/mol. The lowest BCUT2D eigenvalue weighted by molar-refractivity contribution is -0.126.